The van der Waals surface area contributed by atoms with Gasteiger partial charge in [0.05, 0.1) is 13.3 Å². The number of anilines is 1. The lowest BCUT2D eigenvalue weighted by Gasteiger charge is -2.12. The first-order chi connectivity index (χ1) is 12.6. The van der Waals surface area contributed by atoms with Gasteiger partial charge in [0, 0.05) is 17.4 Å². The number of aromatic nitrogens is 1. The minimum atomic E-state index is -0.191. The molecule has 0 aliphatic rings. The van der Waals surface area contributed by atoms with Gasteiger partial charge in [-0.3, -0.25) is 9.78 Å². The standard InChI is InChI=1S/C21H20N2O3/c1-14-6-7-16(12-20(14)25-3)21(24)23-17-8-9-19(15(2)11-17)26-18-5-4-10-22-13-18/h4-13H,1-3H3,(H,23,24). The third-order valence-electron chi connectivity index (χ3n) is 3.97. The fourth-order valence-electron chi connectivity index (χ4n) is 2.54. The molecular weight excluding hydrogens is 328 g/mol. The lowest BCUT2D eigenvalue weighted by Crippen LogP contribution is -2.12. The summed E-state index contributed by atoms with van der Waals surface area (Å²) < 4.78 is 11.1. The van der Waals surface area contributed by atoms with Crippen molar-refractivity contribution in [2.45, 2.75) is 13.8 Å². The summed E-state index contributed by atoms with van der Waals surface area (Å²) in [5.41, 5.74) is 3.14. The summed E-state index contributed by atoms with van der Waals surface area (Å²) in [6.07, 6.45) is 3.35. The highest BCUT2D eigenvalue weighted by Crippen LogP contribution is 2.27. The number of aryl methyl sites for hydroxylation is 2. The Hall–Kier alpha value is -3.34. The van der Waals surface area contributed by atoms with Gasteiger partial charge in [-0.2, -0.15) is 0 Å². The zero-order valence-corrected chi connectivity index (χ0v) is 14.9. The summed E-state index contributed by atoms with van der Waals surface area (Å²) in [6, 6.07) is 14.5. The Balaban J connectivity index is 1.74. The Morgan fingerprint density at radius 1 is 1.00 bits per heavy atom. The number of carbonyl (C=O) groups is 1. The molecular formula is C21H20N2O3. The summed E-state index contributed by atoms with van der Waals surface area (Å²) in [5, 5.41) is 2.90. The van der Waals surface area contributed by atoms with E-state index < -0.39 is 0 Å². The third-order valence-corrected chi connectivity index (χ3v) is 3.97. The summed E-state index contributed by atoms with van der Waals surface area (Å²) in [4.78, 5) is 16.5. The molecule has 1 heterocycles. The largest absolute Gasteiger partial charge is 0.496 e. The number of benzene rings is 2. The second-order valence-corrected chi connectivity index (χ2v) is 5.91. The molecule has 0 radical (unpaired) electrons. The van der Waals surface area contributed by atoms with Crippen molar-refractivity contribution in [1.29, 1.82) is 0 Å². The molecule has 1 amide bonds. The van der Waals surface area contributed by atoms with Crippen molar-refractivity contribution in [3.63, 3.8) is 0 Å². The molecule has 0 unspecified atom stereocenters. The van der Waals surface area contributed by atoms with E-state index in [1.807, 2.05) is 50.2 Å². The summed E-state index contributed by atoms with van der Waals surface area (Å²) >= 11 is 0. The van der Waals surface area contributed by atoms with Gasteiger partial charge in [-0.25, -0.2) is 0 Å². The van der Waals surface area contributed by atoms with Crippen molar-refractivity contribution < 1.29 is 14.3 Å². The molecule has 5 heteroatoms. The second-order valence-electron chi connectivity index (χ2n) is 5.91. The number of hydrogen-bond acceptors (Lipinski definition) is 4. The van der Waals surface area contributed by atoms with E-state index >= 15 is 0 Å². The smallest absolute Gasteiger partial charge is 0.255 e. The molecule has 0 aliphatic heterocycles. The molecule has 0 bridgehead atoms. The number of ether oxygens (including phenoxy) is 2. The topological polar surface area (TPSA) is 60.5 Å². The molecule has 2 aromatic carbocycles. The van der Waals surface area contributed by atoms with Crippen molar-refractivity contribution in [3.8, 4) is 17.2 Å². The Labute approximate surface area is 152 Å². The number of nitrogens with one attached hydrogen (secondary N) is 1. The number of pyridine rings is 1. The van der Waals surface area contributed by atoms with Crippen LogP contribution in [0.2, 0.25) is 0 Å². The fourth-order valence-corrected chi connectivity index (χ4v) is 2.54. The molecule has 0 spiro atoms. The highest BCUT2D eigenvalue weighted by atomic mass is 16.5. The minimum Gasteiger partial charge on any atom is -0.496 e. The van der Waals surface area contributed by atoms with Gasteiger partial charge < -0.3 is 14.8 Å². The number of methoxy groups -OCH3 is 1. The quantitative estimate of drug-likeness (QED) is 0.723. The third kappa shape index (κ3) is 4.00. The SMILES string of the molecule is COc1cc(C(=O)Nc2ccc(Oc3cccnc3)c(C)c2)ccc1C. The molecule has 0 atom stereocenters. The predicted octanol–water partition coefficient (Wildman–Crippen LogP) is 4.75. The summed E-state index contributed by atoms with van der Waals surface area (Å²) in [5.74, 6) is 1.88. The van der Waals surface area contributed by atoms with Gasteiger partial charge in [0.15, 0.2) is 0 Å². The average molecular weight is 348 g/mol. The first-order valence-corrected chi connectivity index (χ1v) is 8.21. The van der Waals surface area contributed by atoms with E-state index in [-0.39, 0.29) is 5.91 Å². The van der Waals surface area contributed by atoms with Crippen LogP contribution in [-0.4, -0.2) is 18.0 Å². The van der Waals surface area contributed by atoms with Crippen LogP contribution in [-0.2, 0) is 0 Å². The van der Waals surface area contributed by atoms with Crippen LogP contribution in [0.3, 0.4) is 0 Å². The molecule has 3 aromatic rings. The Kier molecular flexibility index (Phi) is 5.17. The van der Waals surface area contributed by atoms with E-state index in [0.717, 1.165) is 11.1 Å². The zero-order valence-electron chi connectivity index (χ0n) is 14.9. The van der Waals surface area contributed by atoms with Crippen molar-refractivity contribution in [1.82, 2.24) is 4.98 Å². The number of rotatable bonds is 5. The maximum absolute atomic E-state index is 12.5. The van der Waals surface area contributed by atoms with E-state index in [4.69, 9.17) is 9.47 Å². The lowest BCUT2D eigenvalue weighted by atomic mass is 10.1. The first kappa shape index (κ1) is 17.5. The van der Waals surface area contributed by atoms with Crippen molar-refractivity contribution in [2.24, 2.45) is 0 Å². The average Bonchev–Trinajstić information content (AvgIpc) is 2.65. The highest BCUT2D eigenvalue weighted by molar-refractivity contribution is 6.04. The van der Waals surface area contributed by atoms with Crippen LogP contribution < -0.4 is 14.8 Å². The Morgan fingerprint density at radius 2 is 1.85 bits per heavy atom. The van der Waals surface area contributed by atoms with Gasteiger partial charge in [-0.15, -0.1) is 0 Å². The van der Waals surface area contributed by atoms with Crippen LogP contribution in [0.4, 0.5) is 5.69 Å². The van der Waals surface area contributed by atoms with Gasteiger partial charge in [0.2, 0.25) is 0 Å². The molecule has 0 saturated carbocycles. The molecule has 0 aliphatic carbocycles. The highest BCUT2D eigenvalue weighted by Gasteiger charge is 2.10. The van der Waals surface area contributed by atoms with Gasteiger partial charge >= 0.3 is 0 Å². The van der Waals surface area contributed by atoms with E-state index in [2.05, 4.69) is 10.3 Å². The monoisotopic (exact) mass is 348 g/mol. The van der Waals surface area contributed by atoms with Gasteiger partial charge in [0.1, 0.15) is 17.2 Å². The molecule has 5 nitrogen and oxygen atoms in total. The predicted molar refractivity (Wildman–Crippen MR) is 101 cm³/mol. The van der Waals surface area contributed by atoms with Crippen molar-refractivity contribution in [3.05, 3.63) is 77.6 Å². The van der Waals surface area contributed by atoms with Crippen LogP contribution >= 0.6 is 0 Å². The van der Waals surface area contributed by atoms with Gasteiger partial charge in [-0.1, -0.05) is 6.07 Å². The van der Waals surface area contributed by atoms with E-state index in [0.29, 0.717) is 28.5 Å². The second kappa shape index (κ2) is 7.70. The van der Waals surface area contributed by atoms with Gasteiger partial charge in [-0.05, 0) is 67.4 Å². The molecule has 1 aromatic heterocycles. The molecule has 0 saturated heterocycles. The Bertz CT molecular complexity index is 924. The maximum Gasteiger partial charge on any atom is 0.255 e. The normalized spacial score (nSPS) is 10.3. The molecule has 0 fully saturated rings. The lowest BCUT2D eigenvalue weighted by molar-refractivity contribution is 0.102. The van der Waals surface area contributed by atoms with Crippen LogP contribution in [0.1, 0.15) is 21.5 Å². The van der Waals surface area contributed by atoms with Gasteiger partial charge in [0.25, 0.3) is 5.91 Å². The zero-order chi connectivity index (χ0) is 18.5. The van der Waals surface area contributed by atoms with E-state index in [1.165, 1.54) is 0 Å². The number of carbonyl (C=O) groups excluding carboxylic acids is 1. The number of amides is 1. The summed E-state index contributed by atoms with van der Waals surface area (Å²) in [7, 11) is 1.59. The fraction of sp³-hybridized carbons (Fsp3) is 0.143. The van der Waals surface area contributed by atoms with Crippen molar-refractivity contribution >= 4 is 11.6 Å². The van der Waals surface area contributed by atoms with Crippen LogP contribution in [0, 0.1) is 13.8 Å². The van der Waals surface area contributed by atoms with Crippen LogP contribution in [0.25, 0.3) is 0 Å². The van der Waals surface area contributed by atoms with E-state index in [9.17, 15) is 4.79 Å². The van der Waals surface area contributed by atoms with Crippen molar-refractivity contribution in [2.75, 3.05) is 12.4 Å². The number of hydrogen-bond donors (Lipinski definition) is 1. The molecule has 3 rings (SSSR count). The first-order valence-electron chi connectivity index (χ1n) is 8.21. The Morgan fingerprint density at radius 3 is 2.54 bits per heavy atom. The summed E-state index contributed by atoms with van der Waals surface area (Å²) in [6.45, 7) is 3.86. The van der Waals surface area contributed by atoms with Crippen LogP contribution in [0.5, 0.6) is 17.2 Å². The minimum absolute atomic E-state index is 0.191. The number of nitrogens with zero attached hydrogens (tertiary/aromatic N) is 1. The molecule has 132 valence electrons. The van der Waals surface area contributed by atoms with E-state index in [1.54, 1.807) is 31.6 Å². The maximum atomic E-state index is 12.5. The molecule has 26 heavy (non-hydrogen) atoms. The van der Waals surface area contributed by atoms with Crippen LogP contribution in [0.15, 0.2) is 60.9 Å². The molecule has 1 N–H and O–H groups in total.